The Morgan fingerprint density at radius 2 is 2.19 bits per heavy atom. The van der Waals surface area contributed by atoms with Crippen LogP contribution in [0.2, 0.25) is 5.02 Å². The molecule has 1 amide bonds. The summed E-state index contributed by atoms with van der Waals surface area (Å²) in [5.41, 5.74) is 1.04. The molecule has 0 radical (unpaired) electrons. The maximum Gasteiger partial charge on any atom is 0.328 e. The second kappa shape index (κ2) is 5.66. The summed E-state index contributed by atoms with van der Waals surface area (Å²) in [5.74, 6) is -1.09. The minimum atomic E-state index is -1.01. The Kier molecular flexibility index (Phi) is 3.87. The average Bonchev–Trinajstić information content (AvgIpc) is 3.27. The average molecular weight is 310 g/mol. The molecule has 2 aliphatic rings. The van der Waals surface area contributed by atoms with E-state index < -0.39 is 12.0 Å². The first-order valence-electron chi connectivity index (χ1n) is 6.94. The van der Waals surface area contributed by atoms with Gasteiger partial charge in [-0.3, -0.25) is 4.79 Å². The van der Waals surface area contributed by atoms with Crippen LogP contribution in [0.25, 0.3) is 0 Å². The van der Waals surface area contributed by atoms with Crippen LogP contribution >= 0.6 is 11.6 Å². The van der Waals surface area contributed by atoms with Crippen molar-refractivity contribution in [3.63, 3.8) is 0 Å². The van der Waals surface area contributed by atoms with Gasteiger partial charge in [-0.15, -0.1) is 0 Å². The molecule has 0 bridgehead atoms. The number of halogens is 1. The zero-order chi connectivity index (χ0) is 15.0. The van der Waals surface area contributed by atoms with Gasteiger partial charge in [0, 0.05) is 17.5 Å². The standard InChI is InChI=1S/C15H16ClNO4/c16-10-3-1-2-9(6-10)11-7-12(11)14(18)17-4-5-21-8-13(17)15(19)20/h1-3,6,11-13H,4-5,7-8H2,(H,19,20)/t11-,12+,13-/m0/s1. The van der Waals surface area contributed by atoms with Crippen LogP contribution in [0.5, 0.6) is 0 Å². The van der Waals surface area contributed by atoms with E-state index in [-0.39, 0.29) is 24.3 Å². The summed E-state index contributed by atoms with van der Waals surface area (Å²) in [4.78, 5) is 25.2. The molecule has 1 heterocycles. The molecule has 21 heavy (non-hydrogen) atoms. The highest BCUT2D eigenvalue weighted by molar-refractivity contribution is 6.30. The number of carbonyl (C=O) groups is 2. The summed E-state index contributed by atoms with van der Waals surface area (Å²) in [6.07, 6.45) is 0.753. The molecular formula is C15H16ClNO4. The van der Waals surface area contributed by atoms with Crippen molar-refractivity contribution in [3.8, 4) is 0 Å². The van der Waals surface area contributed by atoms with Crippen LogP contribution in [0.3, 0.4) is 0 Å². The normalized spacial score (nSPS) is 28.2. The van der Waals surface area contributed by atoms with Crippen LogP contribution in [-0.2, 0) is 14.3 Å². The van der Waals surface area contributed by atoms with E-state index in [9.17, 15) is 14.7 Å². The summed E-state index contributed by atoms with van der Waals surface area (Å²) in [7, 11) is 0. The fourth-order valence-corrected chi connectivity index (χ4v) is 3.06. The number of carboxylic acids is 1. The molecular weight excluding hydrogens is 294 g/mol. The highest BCUT2D eigenvalue weighted by Crippen LogP contribution is 2.49. The van der Waals surface area contributed by atoms with E-state index in [1.807, 2.05) is 18.2 Å². The van der Waals surface area contributed by atoms with Crippen molar-refractivity contribution in [2.24, 2.45) is 5.92 Å². The van der Waals surface area contributed by atoms with Gasteiger partial charge in [-0.25, -0.2) is 4.79 Å². The summed E-state index contributed by atoms with van der Waals surface area (Å²) in [5, 5.41) is 9.84. The predicted octanol–water partition coefficient (Wildman–Crippen LogP) is 1.76. The van der Waals surface area contributed by atoms with Crippen LogP contribution in [0.1, 0.15) is 17.9 Å². The Bertz CT molecular complexity index is 577. The maximum absolute atomic E-state index is 12.5. The number of ether oxygens (including phenoxy) is 1. The van der Waals surface area contributed by atoms with Crippen molar-refractivity contribution >= 4 is 23.5 Å². The maximum atomic E-state index is 12.5. The molecule has 6 heteroatoms. The van der Waals surface area contributed by atoms with Gasteiger partial charge in [-0.1, -0.05) is 23.7 Å². The van der Waals surface area contributed by atoms with E-state index in [0.717, 1.165) is 12.0 Å². The van der Waals surface area contributed by atoms with Gasteiger partial charge in [-0.05, 0) is 30.0 Å². The van der Waals surface area contributed by atoms with Gasteiger partial charge in [0.15, 0.2) is 6.04 Å². The third-order valence-corrected chi connectivity index (χ3v) is 4.32. The zero-order valence-electron chi connectivity index (χ0n) is 11.4. The third kappa shape index (κ3) is 2.89. The Balaban J connectivity index is 1.70. The third-order valence-electron chi connectivity index (χ3n) is 4.08. The first-order chi connectivity index (χ1) is 10.1. The number of amides is 1. The molecule has 3 rings (SSSR count). The molecule has 1 aromatic carbocycles. The molecule has 1 aliphatic heterocycles. The molecule has 2 fully saturated rings. The van der Waals surface area contributed by atoms with E-state index in [1.165, 1.54) is 4.90 Å². The lowest BCUT2D eigenvalue weighted by Gasteiger charge is -2.33. The summed E-state index contributed by atoms with van der Waals surface area (Å²) >= 11 is 5.97. The van der Waals surface area contributed by atoms with Crippen LogP contribution in [0.4, 0.5) is 0 Å². The first-order valence-corrected chi connectivity index (χ1v) is 7.32. The van der Waals surface area contributed by atoms with Crippen LogP contribution in [-0.4, -0.2) is 47.7 Å². The summed E-state index contributed by atoms with van der Waals surface area (Å²) in [6.45, 7) is 0.800. The number of carboxylic acid groups (broad SMARTS) is 1. The molecule has 0 unspecified atom stereocenters. The molecule has 5 nitrogen and oxygen atoms in total. The monoisotopic (exact) mass is 309 g/mol. The van der Waals surface area contributed by atoms with Gasteiger partial charge in [0.25, 0.3) is 0 Å². The van der Waals surface area contributed by atoms with Crippen LogP contribution < -0.4 is 0 Å². The number of hydrogen-bond acceptors (Lipinski definition) is 3. The van der Waals surface area contributed by atoms with E-state index in [2.05, 4.69) is 0 Å². The quantitative estimate of drug-likeness (QED) is 0.924. The van der Waals surface area contributed by atoms with Gasteiger partial charge >= 0.3 is 5.97 Å². The van der Waals surface area contributed by atoms with Crippen molar-refractivity contribution < 1.29 is 19.4 Å². The van der Waals surface area contributed by atoms with Crippen molar-refractivity contribution in [1.29, 1.82) is 0 Å². The molecule has 1 saturated heterocycles. The molecule has 0 spiro atoms. The molecule has 3 atom stereocenters. The van der Waals surface area contributed by atoms with E-state index >= 15 is 0 Å². The lowest BCUT2D eigenvalue weighted by Crippen LogP contribution is -2.53. The smallest absolute Gasteiger partial charge is 0.328 e. The number of benzene rings is 1. The van der Waals surface area contributed by atoms with Gasteiger partial charge in [0.2, 0.25) is 5.91 Å². The van der Waals surface area contributed by atoms with E-state index in [0.29, 0.717) is 18.2 Å². The van der Waals surface area contributed by atoms with Crippen molar-refractivity contribution in [1.82, 2.24) is 4.90 Å². The topological polar surface area (TPSA) is 66.8 Å². The second-order valence-corrected chi connectivity index (χ2v) is 5.90. The van der Waals surface area contributed by atoms with Crippen molar-refractivity contribution in [3.05, 3.63) is 34.9 Å². The van der Waals surface area contributed by atoms with Crippen molar-refractivity contribution in [2.45, 2.75) is 18.4 Å². The fraction of sp³-hybridized carbons (Fsp3) is 0.467. The number of nitrogens with zero attached hydrogens (tertiary/aromatic N) is 1. The first kappa shape index (κ1) is 14.4. The molecule has 1 aliphatic carbocycles. The highest BCUT2D eigenvalue weighted by Gasteiger charge is 2.48. The second-order valence-electron chi connectivity index (χ2n) is 5.46. The Morgan fingerprint density at radius 1 is 1.38 bits per heavy atom. The Morgan fingerprint density at radius 3 is 2.90 bits per heavy atom. The number of morpholine rings is 1. The number of rotatable bonds is 3. The molecule has 1 N–H and O–H groups in total. The number of hydrogen-bond donors (Lipinski definition) is 1. The van der Waals surface area contributed by atoms with Crippen LogP contribution in [0, 0.1) is 5.92 Å². The lowest BCUT2D eigenvalue weighted by atomic mass is 10.1. The minimum absolute atomic E-state index is 0.0651. The molecule has 1 aromatic rings. The molecule has 112 valence electrons. The van der Waals surface area contributed by atoms with Gasteiger partial charge in [-0.2, -0.15) is 0 Å². The van der Waals surface area contributed by atoms with Gasteiger partial charge in [0.05, 0.1) is 13.2 Å². The van der Waals surface area contributed by atoms with E-state index in [1.54, 1.807) is 6.07 Å². The fourth-order valence-electron chi connectivity index (χ4n) is 2.86. The number of carbonyl (C=O) groups excluding carboxylic acids is 1. The molecule has 1 saturated carbocycles. The van der Waals surface area contributed by atoms with Crippen molar-refractivity contribution in [2.75, 3.05) is 19.8 Å². The summed E-state index contributed by atoms with van der Waals surface area (Å²) < 4.78 is 5.16. The minimum Gasteiger partial charge on any atom is -0.480 e. The van der Waals surface area contributed by atoms with E-state index in [4.69, 9.17) is 16.3 Å². The summed E-state index contributed by atoms with van der Waals surface area (Å²) in [6, 6.07) is 6.62. The largest absolute Gasteiger partial charge is 0.480 e. The molecule has 0 aromatic heterocycles. The Labute approximate surface area is 127 Å². The lowest BCUT2D eigenvalue weighted by molar-refractivity contribution is -0.158. The zero-order valence-corrected chi connectivity index (χ0v) is 12.1. The Hall–Kier alpha value is -1.59. The van der Waals surface area contributed by atoms with Gasteiger partial charge < -0.3 is 14.7 Å². The highest BCUT2D eigenvalue weighted by atomic mass is 35.5. The SMILES string of the molecule is O=C(O)[C@@H]1COCCN1C(=O)[C@@H]1C[C@H]1c1cccc(Cl)c1. The number of aliphatic carboxylic acids is 1. The van der Waals surface area contributed by atoms with Gasteiger partial charge in [0.1, 0.15) is 0 Å². The predicted molar refractivity (Wildman–Crippen MR) is 76.3 cm³/mol. The van der Waals surface area contributed by atoms with Crippen LogP contribution in [0.15, 0.2) is 24.3 Å².